The molecule has 2 heteroatoms. The summed E-state index contributed by atoms with van der Waals surface area (Å²) in [6, 6.07) is 1.57. The van der Waals surface area contributed by atoms with Gasteiger partial charge in [-0.3, -0.25) is 4.90 Å². The highest BCUT2D eigenvalue weighted by Crippen LogP contribution is 2.61. The van der Waals surface area contributed by atoms with Gasteiger partial charge in [-0.05, 0) is 47.6 Å². The SMILES string of the molecule is C=CCN(C)C[C@@]12C[C@@H](C)N(C(C)(C)C)[C@@H]1C2. The fraction of sp³-hybridized carbons (Fsp3) is 0.867. The molecule has 1 saturated carbocycles. The summed E-state index contributed by atoms with van der Waals surface area (Å²) in [6.45, 7) is 15.5. The zero-order chi connectivity index (χ0) is 12.8. The predicted molar refractivity (Wildman–Crippen MR) is 74.2 cm³/mol. The van der Waals surface area contributed by atoms with Crippen molar-refractivity contribution < 1.29 is 0 Å². The van der Waals surface area contributed by atoms with E-state index in [0.717, 1.165) is 18.6 Å². The molecular weight excluding hydrogens is 208 g/mol. The predicted octanol–water partition coefficient (Wildman–Crippen LogP) is 2.76. The molecule has 0 bridgehead atoms. The van der Waals surface area contributed by atoms with E-state index in [1.807, 2.05) is 6.08 Å². The second kappa shape index (κ2) is 4.10. The maximum atomic E-state index is 3.83. The number of nitrogens with zero attached hydrogens (tertiary/aromatic N) is 2. The highest BCUT2D eigenvalue weighted by molar-refractivity contribution is 5.19. The first-order valence-electron chi connectivity index (χ1n) is 6.88. The molecule has 0 radical (unpaired) electrons. The Bertz CT molecular complexity index is 305. The van der Waals surface area contributed by atoms with Crippen LogP contribution in [-0.2, 0) is 0 Å². The van der Waals surface area contributed by atoms with Gasteiger partial charge in [0.1, 0.15) is 0 Å². The van der Waals surface area contributed by atoms with Crippen LogP contribution >= 0.6 is 0 Å². The smallest absolute Gasteiger partial charge is 0.0179 e. The molecule has 0 aromatic rings. The standard InChI is InChI=1S/C15H28N2/c1-7-8-16(6)11-15-9-12(2)17(13(15)10-15)14(3,4)5/h7,12-13H,1,8-11H2,2-6H3/t12-,13-,15+/m1/s1. The van der Waals surface area contributed by atoms with Crippen LogP contribution in [0.1, 0.15) is 40.5 Å². The maximum Gasteiger partial charge on any atom is 0.0179 e. The van der Waals surface area contributed by atoms with Crippen LogP contribution in [-0.4, -0.2) is 47.6 Å². The molecule has 0 N–H and O–H groups in total. The molecule has 2 nitrogen and oxygen atoms in total. The van der Waals surface area contributed by atoms with Gasteiger partial charge >= 0.3 is 0 Å². The summed E-state index contributed by atoms with van der Waals surface area (Å²) in [5, 5.41) is 0. The van der Waals surface area contributed by atoms with Crippen molar-refractivity contribution in [2.45, 2.75) is 58.2 Å². The molecule has 17 heavy (non-hydrogen) atoms. The fourth-order valence-corrected chi connectivity index (χ4v) is 4.12. The summed E-state index contributed by atoms with van der Waals surface area (Å²) in [5.41, 5.74) is 0.907. The van der Waals surface area contributed by atoms with Crippen LogP contribution in [0.5, 0.6) is 0 Å². The van der Waals surface area contributed by atoms with Gasteiger partial charge in [-0.1, -0.05) is 6.08 Å². The molecule has 3 atom stereocenters. The maximum absolute atomic E-state index is 3.83. The molecule has 98 valence electrons. The average molecular weight is 236 g/mol. The highest BCUT2D eigenvalue weighted by atomic mass is 15.3. The topological polar surface area (TPSA) is 6.48 Å². The molecule has 0 aromatic heterocycles. The van der Waals surface area contributed by atoms with Crippen LogP contribution in [0.15, 0.2) is 12.7 Å². The van der Waals surface area contributed by atoms with E-state index in [9.17, 15) is 0 Å². The Morgan fingerprint density at radius 1 is 1.41 bits per heavy atom. The first-order valence-corrected chi connectivity index (χ1v) is 6.88. The second-order valence-electron chi connectivity index (χ2n) is 7.20. The van der Waals surface area contributed by atoms with E-state index < -0.39 is 0 Å². The Morgan fingerprint density at radius 2 is 2.06 bits per heavy atom. The molecule has 0 aromatic carbocycles. The van der Waals surface area contributed by atoms with Gasteiger partial charge in [-0.25, -0.2) is 0 Å². The molecule has 1 aliphatic heterocycles. The Hall–Kier alpha value is -0.340. The van der Waals surface area contributed by atoms with Crippen molar-refractivity contribution in [3.63, 3.8) is 0 Å². The van der Waals surface area contributed by atoms with Gasteiger partial charge in [0.15, 0.2) is 0 Å². The van der Waals surface area contributed by atoms with Crippen LogP contribution in [0.2, 0.25) is 0 Å². The largest absolute Gasteiger partial charge is 0.302 e. The van der Waals surface area contributed by atoms with E-state index >= 15 is 0 Å². The summed E-state index contributed by atoms with van der Waals surface area (Å²) in [5.74, 6) is 0. The first kappa shape index (κ1) is 13.1. The van der Waals surface area contributed by atoms with Crippen LogP contribution in [0, 0.1) is 5.41 Å². The number of hydrogen-bond acceptors (Lipinski definition) is 2. The number of fused-ring (bicyclic) bond motifs is 1. The lowest BCUT2D eigenvalue weighted by atomic mass is 9.99. The van der Waals surface area contributed by atoms with Gasteiger partial charge in [0.25, 0.3) is 0 Å². The van der Waals surface area contributed by atoms with Gasteiger partial charge in [-0.15, -0.1) is 6.58 Å². The zero-order valence-electron chi connectivity index (χ0n) is 12.2. The zero-order valence-corrected chi connectivity index (χ0v) is 12.2. The normalized spacial score (nSPS) is 37.3. The summed E-state index contributed by atoms with van der Waals surface area (Å²) in [7, 11) is 2.22. The second-order valence-corrected chi connectivity index (χ2v) is 7.20. The van der Waals surface area contributed by atoms with Gasteiger partial charge in [0.2, 0.25) is 0 Å². The molecule has 2 rings (SSSR count). The molecule has 2 fully saturated rings. The Kier molecular flexibility index (Phi) is 3.16. The Balaban J connectivity index is 2.02. The lowest BCUT2D eigenvalue weighted by Gasteiger charge is -2.37. The molecule has 1 saturated heterocycles. The van der Waals surface area contributed by atoms with Crippen molar-refractivity contribution in [2.75, 3.05) is 20.1 Å². The van der Waals surface area contributed by atoms with Gasteiger partial charge in [0, 0.05) is 36.1 Å². The third-order valence-corrected chi connectivity index (χ3v) is 4.46. The lowest BCUT2D eigenvalue weighted by molar-refractivity contribution is 0.104. The van der Waals surface area contributed by atoms with Gasteiger partial charge in [0.05, 0.1) is 0 Å². The average Bonchev–Trinajstić information content (AvgIpc) is 2.68. The minimum Gasteiger partial charge on any atom is -0.302 e. The molecular formula is C15H28N2. The molecule has 1 heterocycles. The number of piperidine rings is 1. The minimum atomic E-state index is 0.319. The summed E-state index contributed by atoms with van der Waals surface area (Å²) in [6.07, 6.45) is 4.78. The quantitative estimate of drug-likeness (QED) is 0.693. The number of likely N-dealkylation sites (tertiary alicyclic amines) is 1. The van der Waals surface area contributed by atoms with Gasteiger partial charge < -0.3 is 4.90 Å². The third-order valence-electron chi connectivity index (χ3n) is 4.46. The Morgan fingerprint density at radius 3 is 2.53 bits per heavy atom. The van der Waals surface area contributed by atoms with Crippen molar-refractivity contribution in [1.82, 2.24) is 9.80 Å². The van der Waals surface area contributed by atoms with Crippen LogP contribution < -0.4 is 0 Å². The fourth-order valence-electron chi connectivity index (χ4n) is 4.12. The highest BCUT2D eigenvalue weighted by Gasteiger charge is 2.65. The van der Waals surface area contributed by atoms with Crippen molar-refractivity contribution >= 4 is 0 Å². The minimum absolute atomic E-state index is 0.319. The van der Waals surface area contributed by atoms with Crippen LogP contribution in [0.25, 0.3) is 0 Å². The first-order chi connectivity index (χ1) is 7.80. The van der Waals surface area contributed by atoms with Gasteiger partial charge in [-0.2, -0.15) is 0 Å². The van der Waals surface area contributed by atoms with E-state index in [-0.39, 0.29) is 0 Å². The summed E-state index contributed by atoms with van der Waals surface area (Å²) >= 11 is 0. The van der Waals surface area contributed by atoms with Crippen molar-refractivity contribution in [3.05, 3.63) is 12.7 Å². The van der Waals surface area contributed by atoms with E-state index in [1.54, 1.807) is 0 Å². The van der Waals surface area contributed by atoms with E-state index in [4.69, 9.17) is 0 Å². The monoisotopic (exact) mass is 236 g/mol. The molecule has 2 aliphatic rings. The van der Waals surface area contributed by atoms with E-state index in [2.05, 4.69) is 51.1 Å². The molecule has 0 unspecified atom stereocenters. The van der Waals surface area contributed by atoms with Crippen LogP contribution in [0.3, 0.4) is 0 Å². The number of likely N-dealkylation sites (N-methyl/N-ethyl adjacent to an activating group) is 1. The number of hydrogen-bond donors (Lipinski definition) is 0. The molecule has 1 aliphatic carbocycles. The summed E-state index contributed by atoms with van der Waals surface area (Å²) < 4.78 is 0. The van der Waals surface area contributed by atoms with Crippen molar-refractivity contribution in [3.8, 4) is 0 Å². The lowest BCUT2D eigenvalue weighted by Crippen LogP contribution is -2.45. The van der Waals surface area contributed by atoms with Crippen molar-refractivity contribution in [1.29, 1.82) is 0 Å². The molecule has 0 amide bonds. The van der Waals surface area contributed by atoms with Crippen LogP contribution in [0.4, 0.5) is 0 Å². The third kappa shape index (κ3) is 2.30. The van der Waals surface area contributed by atoms with Crippen molar-refractivity contribution in [2.24, 2.45) is 5.41 Å². The number of rotatable bonds is 4. The van der Waals surface area contributed by atoms with E-state index in [1.165, 1.54) is 19.4 Å². The molecule has 0 spiro atoms. The Labute approximate surface area is 107 Å². The van der Waals surface area contributed by atoms with E-state index in [0.29, 0.717) is 11.0 Å². The summed E-state index contributed by atoms with van der Waals surface area (Å²) in [4.78, 5) is 5.17.